The van der Waals surface area contributed by atoms with Crippen molar-refractivity contribution in [3.63, 3.8) is 0 Å². The number of nitrogens with one attached hydrogen (secondary N) is 1. The van der Waals surface area contributed by atoms with Crippen LogP contribution >= 0.6 is 11.6 Å². The number of aliphatic hydroxyl groups is 1. The number of piperidine rings is 1. The summed E-state index contributed by atoms with van der Waals surface area (Å²) in [6.45, 7) is 3.55. The third-order valence-corrected chi connectivity index (χ3v) is 8.15. The Morgan fingerprint density at radius 1 is 1.18 bits per heavy atom. The topological polar surface area (TPSA) is 44.7 Å². The summed E-state index contributed by atoms with van der Waals surface area (Å²) in [5, 5.41) is 15.9. The van der Waals surface area contributed by atoms with Crippen molar-refractivity contribution in [3.05, 3.63) is 34.6 Å². The van der Waals surface area contributed by atoms with E-state index >= 15 is 0 Å². The van der Waals surface area contributed by atoms with E-state index in [9.17, 15) is 9.50 Å². The fourth-order valence-corrected chi connectivity index (χ4v) is 6.38. The smallest absolute Gasteiger partial charge is 0.125 e. The molecule has 4 nitrogen and oxygen atoms in total. The summed E-state index contributed by atoms with van der Waals surface area (Å²) in [4.78, 5) is 2.60. The molecule has 0 spiro atoms. The lowest BCUT2D eigenvalue weighted by molar-refractivity contribution is -0.0691. The number of unbranched alkanes of at least 4 members (excludes halogenated alkanes) is 1. The van der Waals surface area contributed by atoms with Gasteiger partial charge in [-0.05, 0) is 81.8 Å². The van der Waals surface area contributed by atoms with E-state index in [-0.39, 0.29) is 11.7 Å². The molecule has 1 aromatic rings. The molecule has 33 heavy (non-hydrogen) atoms. The van der Waals surface area contributed by atoms with Crippen LogP contribution in [-0.2, 0) is 10.3 Å². The summed E-state index contributed by atoms with van der Waals surface area (Å²) in [7, 11) is 3.74. The highest BCUT2D eigenvalue weighted by molar-refractivity contribution is 6.30. The number of nitrogens with zero attached hydrogens (tertiary/aromatic N) is 1. The van der Waals surface area contributed by atoms with Crippen molar-refractivity contribution in [2.45, 2.75) is 82.3 Å². The van der Waals surface area contributed by atoms with Crippen LogP contribution in [0.25, 0.3) is 0 Å². The van der Waals surface area contributed by atoms with Crippen LogP contribution in [0.3, 0.4) is 0 Å². The summed E-state index contributed by atoms with van der Waals surface area (Å²) in [6.07, 6.45) is 12.3. The minimum Gasteiger partial charge on any atom is -0.385 e. The number of methoxy groups -OCH3 is 1. The summed E-state index contributed by atoms with van der Waals surface area (Å²) < 4.78 is 19.5. The maximum Gasteiger partial charge on any atom is 0.125 e. The van der Waals surface area contributed by atoms with E-state index in [0.717, 1.165) is 51.2 Å². The Bertz CT molecular complexity index is 695. The number of benzene rings is 1. The molecular formula is C27H44ClFN2O2. The van der Waals surface area contributed by atoms with Crippen molar-refractivity contribution in [2.75, 3.05) is 40.4 Å². The van der Waals surface area contributed by atoms with Crippen molar-refractivity contribution >= 4 is 11.6 Å². The van der Waals surface area contributed by atoms with E-state index < -0.39 is 5.60 Å². The van der Waals surface area contributed by atoms with E-state index in [1.165, 1.54) is 50.7 Å². The molecule has 188 valence electrons. The van der Waals surface area contributed by atoms with Crippen molar-refractivity contribution in [3.8, 4) is 0 Å². The van der Waals surface area contributed by atoms with Crippen LogP contribution in [0.2, 0.25) is 5.02 Å². The molecule has 2 N–H and O–H groups in total. The Labute approximate surface area is 205 Å². The predicted molar refractivity (Wildman–Crippen MR) is 134 cm³/mol. The van der Waals surface area contributed by atoms with Gasteiger partial charge in [0.15, 0.2) is 0 Å². The molecule has 1 saturated carbocycles. The molecule has 3 atom stereocenters. The Kier molecular flexibility index (Phi) is 10.9. The van der Waals surface area contributed by atoms with E-state index in [2.05, 4.69) is 10.2 Å². The Morgan fingerprint density at radius 2 is 1.97 bits per heavy atom. The van der Waals surface area contributed by atoms with E-state index in [0.29, 0.717) is 29.7 Å². The van der Waals surface area contributed by atoms with Gasteiger partial charge in [-0.25, -0.2) is 4.39 Å². The maximum absolute atomic E-state index is 14.3. The highest BCUT2D eigenvalue weighted by Crippen LogP contribution is 2.41. The molecule has 2 aliphatic rings. The van der Waals surface area contributed by atoms with Gasteiger partial charge in [-0.3, -0.25) is 4.90 Å². The summed E-state index contributed by atoms with van der Waals surface area (Å²) in [5.74, 6) is 0.482. The number of likely N-dealkylation sites (N-methyl/N-ethyl adjacent to an activating group) is 1. The highest BCUT2D eigenvalue weighted by atomic mass is 35.5. The van der Waals surface area contributed by atoms with Gasteiger partial charge in [0, 0.05) is 43.8 Å². The second-order valence-electron chi connectivity index (χ2n) is 10.3. The fourth-order valence-electron chi connectivity index (χ4n) is 6.16. The van der Waals surface area contributed by atoms with Crippen molar-refractivity contribution in [1.29, 1.82) is 0 Å². The Morgan fingerprint density at radius 3 is 2.67 bits per heavy atom. The van der Waals surface area contributed by atoms with Crippen LogP contribution in [0, 0.1) is 17.7 Å². The molecule has 3 rings (SSSR count). The largest absolute Gasteiger partial charge is 0.385 e. The third kappa shape index (κ3) is 7.63. The Hall–Kier alpha value is -0.720. The van der Waals surface area contributed by atoms with Crippen LogP contribution in [0.5, 0.6) is 0 Å². The van der Waals surface area contributed by atoms with Crippen molar-refractivity contribution in [1.82, 2.24) is 10.2 Å². The third-order valence-electron chi connectivity index (χ3n) is 7.93. The zero-order valence-electron chi connectivity index (χ0n) is 20.6. The van der Waals surface area contributed by atoms with Gasteiger partial charge in [0.2, 0.25) is 0 Å². The summed E-state index contributed by atoms with van der Waals surface area (Å²) >= 11 is 6.22. The van der Waals surface area contributed by atoms with E-state index in [1.807, 2.05) is 7.05 Å². The Balaban J connectivity index is 1.78. The van der Waals surface area contributed by atoms with E-state index in [4.69, 9.17) is 16.3 Å². The first-order valence-electron chi connectivity index (χ1n) is 13.0. The molecule has 1 aliphatic carbocycles. The molecule has 0 aromatic heterocycles. The van der Waals surface area contributed by atoms with Gasteiger partial charge < -0.3 is 15.2 Å². The standard InChI is InChI=1S/C27H44ClFN2O2/c1-30-19-26(15-21-9-4-3-5-10-21)31-13-8-11-22(20-31)27(32,12-6-7-14-33-2)23-16-24(28)18-25(29)17-23/h16-18,21-22,26,30,32H,3-15,19-20H2,1-2H3. The minimum atomic E-state index is -1.09. The summed E-state index contributed by atoms with van der Waals surface area (Å²) in [5.41, 5.74) is -0.470. The highest BCUT2D eigenvalue weighted by Gasteiger charge is 2.42. The van der Waals surface area contributed by atoms with Gasteiger partial charge in [-0.2, -0.15) is 0 Å². The first-order valence-corrected chi connectivity index (χ1v) is 13.4. The molecule has 0 amide bonds. The molecule has 1 saturated heterocycles. The molecule has 0 radical (unpaired) electrons. The second-order valence-corrected chi connectivity index (χ2v) is 10.8. The number of hydrogen-bond acceptors (Lipinski definition) is 4. The number of hydrogen-bond donors (Lipinski definition) is 2. The molecular weight excluding hydrogens is 439 g/mol. The van der Waals surface area contributed by atoms with Crippen molar-refractivity contribution < 1.29 is 14.2 Å². The van der Waals surface area contributed by atoms with Crippen LogP contribution in [0.15, 0.2) is 18.2 Å². The number of likely N-dealkylation sites (tertiary alicyclic amines) is 1. The molecule has 6 heteroatoms. The van der Waals surface area contributed by atoms with Gasteiger partial charge in [0.1, 0.15) is 5.82 Å². The lowest BCUT2D eigenvalue weighted by atomic mass is 9.73. The number of halogens is 2. The van der Waals surface area contributed by atoms with E-state index in [1.54, 1.807) is 13.2 Å². The maximum atomic E-state index is 14.3. The number of rotatable bonds is 12. The summed E-state index contributed by atoms with van der Waals surface area (Å²) in [6, 6.07) is 5.03. The normalized spacial score (nSPS) is 23.4. The average Bonchev–Trinajstić information content (AvgIpc) is 2.81. The molecule has 1 aliphatic heterocycles. The van der Waals surface area contributed by atoms with Gasteiger partial charge in [-0.15, -0.1) is 0 Å². The fraction of sp³-hybridized carbons (Fsp3) is 0.778. The quantitative estimate of drug-likeness (QED) is 0.372. The van der Waals surface area contributed by atoms with Gasteiger partial charge in [-0.1, -0.05) is 43.7 Å². The second kappa shape index (κ2) is 13.4. The lowest BCUT2D eigenvalue weighted by Crippen LogP contribution is -2.52. The van der Waals surface area contributed by atoms with Gasteiger partial charge in [0.05, 0.1) is 5.60 Å². The monoisotopic (exact) mass is 482 g/mol. The predicted octanol–water partition coefficient (Wildman–Crippen LogP) is 5.75. The van der Waals surface area contributed by atoms with Gasteiger partial charge in [0.25, 0.3) is 0 Å². The lowest BCUT2D eigenvalue weighted by Gasteiger charge is -2.46. The average molecular weight is 483 g/mol. The van der Waals surface area contributed by atoms with Gasteiger partial charge >= 0.3 is 0 Å². The molecule has 0 bridgehead atoms. The SMILES string of the molecule is CNCC(CC1CCCCC1)N1CCCC(C(O)(CCCCOC)c2cc(F)cc(Cl)c2)C1. The molecule has 1 heterocycles. The van der Waals surface area contributed by atoms with Crippen LogP contribution in [-0.4, -0.2) is 56.4 Å². The zero-order chi connectivity index (χ0) is 23.7. The zero-order valence-corrected chi connectivity index (χ0v) is 21.4. The minimum absolute atomic E-state index is 0.0531. The molecule has 3 unspecified atom stereocenters. The molecule has 1 aromatic carbocycles. The van der Waals surface area contributed by atoms with Crippen LogP contribution in [0.4, 0.5) is 4.39 Å². The first-order chi connectivity index (χ1) is 16.0. The van der Waals surface area contributed by atoms with Crippen molar-refractivity contribution in [2.24, 2.45) is 11.8 Å². The number of ether oxygens (including phenoxy) is 1. The van der Waals surface area contributed by atoms with Crippen LogP contribution in [0.1, 0.15) is 76.2 Å². The van der Waals surface area contributed by atoms with Crippen LogP contribution < -0.4 is 5.32 Å². The molecule has 2 fully saturated rings. The first kappa shape index (κ1) is 26.9.